The molecule has 1 aromatic heterocycles. The molecule has 9 heteroatoms. The van der Waals surface area contributed by atoms with Crippen LogP contribution < -0.4 is 15.4 Å². The minimum atomic E-state index is -0.215. The minimum absolute atomic E-state index is 0. The molecule has 0 aliphatic carbocycles. The van der Waals surface area contributed by atoms with Crippen molar-refractivity contribution in [2.75, 3.05) is 11.9 Å². The van der Waals surface area contributed by atoms with E-state index in [1.807, 2.05) is 44.2 Å². The summed E-state index contributed by atoms with van der Waals surface area (Å²) < 4.78 is 24.6. The Morgan fingerprint density at radius 1 is 1.16 bits per heavy atom. The number of benzene rings is 2. The predicted octanol–water partition coefficient (Wildman–Crippen LogP) is 4.72. The zero-order valence-corrected chi connectivity index (χ0v) is 20.1. The van der Waals surface area contributed by atoms with Crippen LogP contribution in [0.15, 0.2) is 58.0 Å². The summed E-state index contributed by atoms with van der Waals surface area (Å²) in [5, 5.41) is 10.2. The molecule has 7 nitrogen and oxygen atoms in total. The van der Waals surface area contributed by atoms with E-state index in [1.165, 1.54) is 6.07 Å². The lowest BCUT2D eigenvalue weighted by molar-refractivity contribution is 0.242. The standard InChI is InChI=1S/C22H26FN5O2.HI/c1-15(2)29-19-10-8-18(9-11-19)27-22(25-14-21-26-16(3)28-30-21)24-13-12-17-6-4-5-7-20(17)23;/h4-11,15H,12-14H2,1-3H3,(H2,24,25,27);1H. The first-order valence-corrected chi connectivity index (χ1v) is 9.84. The van der Waals surface area contributed by atoms with Crippen molar-refractivity contribution >= 4 is 35.6 Å². The van der Waals surface area contributed by atoms with Gasteiger partial charge in [-0.05, 0) is 63.1 Å². The quantitative estimate of drug-likeness (QED) is 0.245. The van der Waals surface area contributed by atoms with Crippen molar-refractivity contribution in [2.24, 2.45) is 4.99 Å². The Bertz CT molecular complexity index is 976. The summed E-state index contributed by atoms with van der Waals surface area (Å²) >= 11 is 0. The molecule has 0 saturated heterocycles. The fourth-order valence-corrected chi connectivity index (χ4v) is 2.73. The van der Waals surface area contributed by atoms with Gasteiger partial charge in [-0.15, -0.1) is 24.0 Å². The molecule has 31 heavy (non-hydrogen) atoms. The maximum atomic E-state index is 13.8. The van der Waals surface area contributed by atoms with Crippen molar-refractivity contribution in [3.05, 3.63) is 71.6 Å². The van der Waals surface area contributed by atoms with Crippen molar-refractivity contribution in [2.45, 2.75) is 39.8 Å². The summed E-state index contributed by atoms with van der Waals surface area (Å²) in [6.07, 6.45) is 0.632. The molecule has 0 unspecified atom stereocenters. The highest BCUT2D eigenvalue weighted by Crippen LogP contribution is 2.17. The van der Waals surface area contributed by atoms with Gasteiger partial charge in [0.1, 0.15) is 18.1 Å². The van der Waals surface area contributed by atoms with Gasteiger partial charge in [-0.1, -0.05) is 23.4 Å². The zero-order valence-electron chi connectivity index (χ0n) is 17.8. The maximum absolute atomic E-state index is 13.8. The lowest BCUT2D eigenvalue weighted by Crippen LogP contribution is -2.32. The van der Waals surface area contributed by atoms with Crippen molar-refractivity contribution in [1.82, 2.24) is 15.5 Å². The first kappa shape index (κ1) is 24.6. The van der Waals surface area contributed by atoms with E-state index in [0.717, 1.165) is 11.4 Å². The lowest BCUT2D eigenvalue weighted by Gasteiger charge is -2.14. The first-order chi connectivity index (χ1) is 14.5. The van der Waals surface area contributed by atoms with E-state index in [-0.39, 0.29) is 42.4 Å². The summed E-state index contributed by atoms with van der Waals surface area (Å²) in [7, 11) is 0. The molecule has 0 radical (unpaired) electrons. The Labute approximate surface area is 198 Å². The van der Waals surface area contributed by atoms with Crippen LogP contribution in [-0.4, -0.2) is 28.7 Å². The zero-order chi connectivity index (χ0) is 21.3. The van der Waals surface area contributed by atoms with Gasteiger partial charge >= 0.3 is 0 Å². The molecule has 2 N–H and O–H groups in total. The van der Waals surface area contributed by atoms with Crippen LogP contribution >= 0.6 is 24.0 Å². The Hall–Kier alpha value is -2.69. The molecule has 0 fully saturated rings. The monoisotopic (exact) mass is 539 g/mol. The highest BCUT2D eigenvalue weighted by Gasteiger charge is 2.06. The van der Waals surface area contributed by atoms with Crippen LogP contribution in [0, 0.1) is 12.7 Å². The van der Waals surface area contributed by atoms with E-state index in [0.29, 0.717) is 36.2 Å². The van der Waals surface area contributed by atoms with Gasteiger partial charge in [-0.25, -0.2) is 9.38 Å². The molecule has 0 amide bonds. The van der Waals surface area contributed by atoms with Gasteiger partial charge in [0.2, 0.25) is 5.89 Å². The SMILES string of the molecule is Cc1noc(CN=C(NCCc2ccccc2F)Nc2ccc(OC(C)C)cc2)n1.I. The number of aliphatic imine (C=N–C) groups is 1. The van der Waals surface area contributed by atoms with Gasteiger partial charge in [0.15, 0.2) is 11.8 Å². The molecule has 0 aliphatic rings. The molecule has 0 bridgehead atoms. The number of hydrogen-bond donors (Lipinski definition) is 2. The lowest BCUT2D eigenvalue weighted by atomic mass is 10.1. The molecule has 0 atom stereocenters. The third-order valence-electron chi connectivity index (χ3n) is 4.08. The number of aryl methyl sites for hydroxylation is 1. The Morgan fingerprint density at radius 3 is 2.55 bits per heavy atom. The average Bonchev–Trinajstić information content (AvgIpc) is 3.13. The number of guanidine groups is 1. The Morgan fingerprint density at radius 2 is 1.90 bits per heavy atom. The summed E-state index contributed by atoms with van der Waals surface area (Å²) in [4.78, 5) is 8.66. The largest absolute Gasteiger partial charge is 0.491 e. The first-order valence-electron chi connectivity index (χ1n) is 9.84. The molecule has 2 aromatic carbocycles. The third-order valence-corrected chi connectivity index (χ3v) is 4.08. The van der Waals surface area contributed by atoms with E-state index in [2.05, 4.69) is 25.8 Å². The molecular formula is C22H27FIN5O2. The molecule has 1 heterocycles. The van der Waals surface area contributed by atoms with Crippen molar-refractivity contribution in [3.8, 4) is 5.75 Å². The van der Waals surface area contributed by atoms with Crippen LogP contribution in [-0.2, 0) is 13.0 Å². The second-order valence-electron chi connectivity index (χ2n) is 6.98. The van der Waals surface area contributed by atoms with Gasteiger partial charge < -0.3 is 19.9 Å². The van der Waals surface area contributed by atoms with Crippen LogP contribution in [0.5, 0.6) is 5.75 Å². The van der Waals surface area contributed by atoms with Gasteiger partial charge in [0.05, 0.1) is 6.10 Å². The van der Waals surface area contributed by atoms with Gasteiger partial charge in [0.25, 0.3) is 0 Å². The number of rotatable bonds is 8. The molecule has 166 valence electrons. The summed E-state index contributed by atoms with van der Waals surface area (Å²) in [5.41, 5.74) is 1.48. The summed E-state index contributed by atoms with van der Waals surface area (Å²) in [5.74, 6) is 2.08. The van der Waals surface area contributed by atoms with E-state index >= 15 is 0 Å². The molecule has 3 aromatic rings. The fourth-order valence-electron chi connectivity index (χ4n) is 2.73. The number of nitrogens with one attached hydrogen (secondary N) is 2. The van der Waals surface area contributed by atoms with Crippen LogP contribution in [0.4, 0.5) is 10.1 Å². The van der Waals surface area contributed by atoms with Crippen molar-refractivity contribution in [1.29, 1.82) is 0 Å². The Kier molecular flexibility index (Phi) is 9.70. The van der Waals surface area contributed by atoms with Crippen LogP contribution in [0.2, 0.25) is 0 Å². The highest BCUT2D eigenvalue weighted by molar-refractivity contribution is 14.0. The second-order valence-corrected chi connectivity index (χ2v) is 6.98. The van der Waals surface area contributed by atoms with Gasteiger partial charge in [-0.3, -0.25) is 0 Å². The minimum Gasteiger partial charge on any atom is -0.491 e. The van der Waals surface area contributed by atoms with E-state index in [9.17, 15) is 4.39 Å². The number of anilines is 1. The van der Waals surface area contributed by atoms with Crippen LogP contribution in [0.25, 0.3) is 0 Å². The van der Waals surface area contributed by atoms with Crippen molar-refractivity contribution in [3.63, 3.8) is 0 Å². The van der Waals surface area contributed by atoms with E-state index in [1.54, 1.807) is 19.1 Å². The third kappa shape index (κ3) is 8.16. The van der Waals surface area contributed by atoms with Gasteiger partial charge in [-0.2, -0.15) is 4.98 Å². The average molecular weight is 539 g/mol. The maximum Gasteiger partial charge on any atom is 0.248 e. The molecule has 3 rings (SSSR count). The van der Waals surface area contributed by atoms with Crippen molar-refractivity contribution < 1.29 is 13.7 Å². The van der Waals surface area contributed by atoms with Crippen LogP contribution in [0.3, 0.4) is 0 Å². The van der Waals surface area contributed by atoms with E-state index < -0.39 is 0 Å². The van der Waals surface area contributed by atoms with Gasteiger partial charge in [0, 0.05) is 12.2 Å². The second kappa shape index (κ2) is 12.2. The smallest absolute Gasteiger partial charge is 0.248 e. The molecule has 0 spiro atoms. The number of ether oxygens (including phenoxy) is 1. The molecule has 0 saturated carbocycles. The summed E-state index contributed by atoms with van der Waals surface area (Å²) in [6, 6.07) is 14.3. The number of halogens is 2. The fraction of sp³-hybridized carbons (Fsp3) is 0.318. The number of hydrogen-bond acceptors (Lipinski definition) is 5. The topological polar surface area (TPSA) is 84.6 Å². The number of nitrogens with zero attached hydrogens (tertiary/aromatic N) is 3. The normalized spacial score (nSPS) is 11.2. The van der Waals surface area contributed by atoms with E-state index in [4.69, 9.17) is 9.26 Å². The number of aromatic nitrogens is 2. The predicted molar refractivity (Wildman–Crippen MR) is 130 cm³/mol. The Balaban J connectivity index is 0.00000341. The van der Waals surface area contributed by atoms with Crippen LogP contribution in [0.1, 0.15) is 31.1 Å². The summed E-state index contributed by atoms with van der Waals surface area (Å²) in [6.45, 7) is 6.45. The highest BCUT2D eigenvalue weighted by atomic mass is 127. The molecular weight excluding hydrogens is 512 g/mol. The molecule has 0 aliphatic heterocycles.